The number of rotatable bonds is 5. The third-order valence-corrected chi connectivity index (χ3v) is 5.42. The highest BCUT2D eigenvalue weighted by Gasteiger charge is 2.63. The van der Waals surface area contributed by atoms with E-state index in [2.05, 4.69) is 0 Å². The zero-order chi connectivity index (χ0) is 15.7. The number of carbonyl (C=O) groups excluding carboxylic acids is 1. The molecule has 1 heterocycles. The van der Waals surface area contributed by atoms with Crippen molar-refractivity contribution in [2.75, 3.05) is 33.4 Å². The van der Waals surface area contributed by atoms with Gasteiger partial charge in [0.15, 0.2) is 0 Å². The van der Waals surface area contributed by atoms with E-state index in [4.69, 9.17) is 15.2 Å². The van der Waals surface area contributed by atoms with Gasteiger partial charge in [0, 0.05) is 38.6 Å². The second-order valence-corrected chi connectivity index (χ2v) is 7.06. The largest absolute Gasteiger partial charge is 0.384 e. The Kier molecular flexibility index (Phi) is 6.69. The summed E-state index contributed by atoms with van der Waals surface area (Å²) in [6, 6.07) is 0. The fourth-order valence-corrected chi connectivity index (χ4v) is 3.70. The molecule has 2 rings (SSSR count). The molecule has 22 heavy (non-hydrogen) atoms. The van der Waals surface area contributed by atoms with Gasteiger partial charge >= 0.3 is 0 Å². The SMILES string of the molecule is CCOC1CC(N)(C(=O)N2CCCC(COC)C2)C1(C)C.Cl. The number of carbonyl (C=O) groups is 1. The highest BCUT2D eigenvalue weighted by molar-refractivity contribution is 5.89. The summed E-state index contributed by atoms with van der Waals surface area (Å²) in [4.78, 5) is 14.9. The average molecular weight is 335 g/mol. The lowest BCUT2D eigenvalue weighted by atomic mass is 9.54. The Morgan fingerprint density at radius 1 is 1.41 bits per heavy atom. The van der Waals surface area contributed by atoms with Crippen molar-refractivity contribution in [3.05, 3.63) is 0 Å². The number of hydrogen-bond acceptors (Lipinski definition) is 4. The van der Waals surface area contributed by atoms with Crippen LogP contribution >= 0.6 is 12.4 Å². The van der Waals surface area contributed by atoms with Crippen LogP contribution in [-0.2, 0) is 14.3 Å². The predicted octanol–water partition coefficient (Wildman–Crippen LogP) is 1.83. The second-order valence-electron chi connectivity index (χ2n) is 7.06. The smallest absolute Gasteiger partial charge is 0.243 e. The second kappa shape index (κ2) is 7.47. The van der Waals surface area contributed by atoms with E-state index >= 15 is 0 Å². The van der Waals surface area contributed by atoms with E-state index in [-0.39, 0.29) is 29.8 Å². The third-order valence-electron chi connectivity index (χ3n) is 5.42. The zero-order valence-corrected chi connectivity index (χ0v) is 15.1. The van der Waals surface area contributed by atoms with Crippen LogP contribution in [0.25, 0.3) is 0 Å². The van der Waals surface area contributed by atoms with E-state index in [1.807, 2.05) is 25.7 Å². The summed E-state index contributed by atoms with van der Waals surface area (Å²) in [6.07, 6.45) is 2.86. The van der Waals surface area contributed by atoms with Crippen molar-refractivity contribution >= 4 is 18.3 Å². The maximum absolute atomic E-state index is 12.9. The van der Waals surface area contributed by atoms with E-state index in [0.717, 1.165) is 25.9 Å². The molecule has 130 valence electrons. The molecule has 1 saturated heterocycles. The van der Waals surface area contributed by atoms with Crippen molar-refractivity contribution in [1.29, 1.82) is 0 Å². The Morgan fingerprint density at radius 3 is 2.64 bits per heavy atom. The molecule has 0 bridgehead atoms. The molecule has 2 fully saturated rings. The van der Waals surface area contributed by atoms with Crippen LogP contribution in [0.3, 0.4) is 0 Å². The number of methoxy groups -OCH3 is 1. The lowest BCUT2D eigenvalue weighted by Gasteiger charge is -2.59. The molecule has 3 unspecified atom stereocenters. The summed E-state index contributed by atoms with van der Waals surface area (Å²) in [7, 11) is 1.72. The number of piperidine rings is 1. The van der Waals surface area contributed by atoms with Crippen LogP contribution in [0.2, 0.25) is 0 Å². The van der Waals surface area contributed by atoms with Crippen LogP contribution in [0.1, 0.15) is 40.0 Å². The summed E-state index contributed by atoms with van der Waals surface area (Å²) in [5.41, 5.74) is 5.39. The molecule has 5 nitrogen and oxygen atoms in total. The highest BCUT2D eigenvalue weighted by atomic mass is 35.5. The Bertz CT molecular complexity index is 390. The highest BCUT2D eigenvalue weighted by Crippen LogP contribution is 2.50. The average Bonchev–Trinajstić information content (AvgIpc) is 2.46. The van der Waals surface area contributed by atoms with Gasteiger partial charge < -0.3 is 20.1 Å². The number of amides is 1. The molecule has 0 spiro atoms. The first kappa shape index (κ1) is 19.7. The molecular weight excluding hydrogens is 304 g/mol. The van der Waals surface area contributed by atoms with E-state index in [1.54, 1.807) is 7.11 Å². The van der Waals surface area contributed by atoms with Crippen LogP contribution in [-0.4, -0.2) is 55.9 Å². The van der Waals surface area contributed by atoms with Gasteiger partial charge in [-0.1, -0.05) is 13.8 Å². The molecule has 1 aliphatic carbocycles. The summed E-state index contributed by atoms with van der Waals surface area (Å²) in [5.74, 6) is 0.520. The molecule has 1 amide bonds. The van der Waals surface area contributed by atoms with Crippen molar-refractivity contribution in [2.24, 2.45) is 17.1 Å². The predicted molar refractivity (Wildman–Crippen MR) is 89.2 cm³/mol. The minimum atomic E-state index is -0.790. The van der Waals surface area contributed by atoms with E-state index in [0.29, 0.717) is 25.6 Å². The van der Waals surface area contributed by atoms with Gasteiger partial charge in [0.2, 0.25) is 5.91 Å². The number of nitrogens with two attached hydrogens (primary N) is 1. The quantitative estimate of drug-likeness (QED) is 0.833. The molecule has 0 radical (unpaired) electrons. The van der Waals surface area contributed by atoms with Crippen molar-refractivity contribution < 1.29 is 14.3 Å². The lowest BCUT2D eigenvalue weighted by Crippen LogP contribution is -2.76. The Balaban J connectivity index is 0.00000242. The number of halogens is 1. The summed E-state index contributed by atoms with van der Waals surface area (Å²) in [6.45, 7) is 9.03. The van der Waals surface area contributed by atoms with Gasteiger partial charge in [-0.3, -0.25) is 4.79 Å². The molecule has 6 heteroatoms. The minimum absolute atomic E-state index is 0. The normalized spacial score (nSPS) is 33.8. The topological polar surface area (TPSA) is 64.8 Å². The molecule has 0 aromatic rings. The molecule has 1 aliphatic heterocycles. The van der Waals surface area contributed by atoms with Crippen molar-refractivity contribution in [3.8, 4) is 0 Å². The first-order valence-electron chi connectivity index (χ1n) is 8.05. The Labute approximate surface area is 140 Å². The van der Waals surface area contributed by atoms with Crippen LogP contribution in [0.4, 0.5) is 0 Å². The fourth-order valence-electron chi connectivity index (χ4n) is 3.70. The lowest BCUT2D eigenvalue weighted by molar-refractivity contribution is -0.180. The van der Waals surface area contributed by atoms with Gasteiger partial charge in [-0.15, -0.1) is 12.4 Å². The number of hydrogen-bond donors (Lipinski definition) is 1. The molecule has 2 N–H and O–H groups in total. The van der Waals surface area contributed by atoms with Gasteiger partial charge in [0.1, 0.15) is 5.54 Å². The first-order chi connectivity index (χ1) is 9.86. The van der Waals surface area contributed by atoms with Crippen molar-refractivity contribution in [3.63, 3.8) is 0 Å². The summed E-state index contributed by atoms with van der Waals surface area (Å²) in [5, 5.41) is 0. The zero-order valence-electron chi connectivity index (χ0n) is 14.3. The minimum Gasteiger partial charge on any atom is -0.384 e. The molecule has 2 aliphatic rings. The maximum Gasteiger partial charge on any atom is 0.243 e. The molecular formula is C16H31ClN2O3. The molecule has 3 atom stereocenters. The third kappa shape index (κ3) is 3.28. The van der Waals surface area contributed by atoms with Crippen LogP contribution in [0, 0.1) is 11.3 Å². The van der Waals surface area contributed by atoms with Gasteiger partial charge in [-0.2, -0.15) is 0 Å². The van der Waals surface area contributed by atoms with Gasteiger partial charge in [-0.05, 0) is 25.7 Å². The standard InChI is InChI=1S/C16H30N2O3.ClH/c1-5-21-13-9-16(17,15(13,2)3)14(19)18-8-6-7-12(10-18)11-20-4;/h12-13H,5-11,17H2,1-4H3;1H. The summed E-state index contributed by atoms with van der Waals surface area (Å²) >= 11 is 0. The first-order valence-corrected chi connectivity index (χ1v) is 8.05. The number of ether oxygens (including phenoxy) is 2. The summed E-state index contributed by atoms with van der Waals surface area (Å²) < 4.78 is 11.0. The van der Waals surface area contributed by atoms with Crippen molar-refractivity contribution in [1.82, 2.24) is 4.90 Å². The van der Waals surface area contributed by atoms with Crippen LogP contribution in [0.5, 0.6) is 0 Å². The van der Waals surface area contributed by atoms with E-state index < -0.39 is 5.54 Å². The van der Waals surface area contributed by atoms with Gasteiger partial charge in [0.25, 0.3) is 0 Å². The number of likely N-dealkylation sites (tertiary alicyclic amines) is 1. The van der Waals surface area contributed by atoms with Crippen molar-refractivity contribution in [2.45, 2.75) is 51.7 Å². The number of nitrogens with zero attached hydrogens (tertiary/aromatic N) is 1. The van der Waals surface area contributed by atoms with Crippen LogP contribution < -0.4 is 5.73 Å². The molecule has 0 aromatic carbocycles. The van der Waals surface area contributed by atoms with Gasteiger partial charge in [0.05, 0.1) is 12.7 Å². The maximum atomic E-state index is 12.9. The van der Waals surface area contributed by atoms with E-state index in [1.165, 1.54) is 0 Å². The Morgan fingerprint density at radius 2 is 2.09 bits per heavy atom. The fraction of sp³-hybridized carbons (Fsp3) is 0.938. The molecule has 1 saturated carbocycles. The van der Waals surface area contributed by atoms with Crippen LogP contribution in [0.15, 0.2) is 0 Å². The molecule has 0 aromatic heterocycles. The van der Waals surface area contributed by atoms with Gasteiger partial charge in [-0.25, -0.2) is 0 Å². The van der Waals surface area contributed by atoms with E-state index in [9.17, 15) is 4.79 Å². The Hall–Kier alpha value is -0.360. The monoisotopic (exact) mass is 334 g/mol.